The van der Waals surface area contributed by atoms with Gasteiger partial charge in [0.1, 0.15) is 0 Å². The van der Waals surface area contributed by atoms with E-state index in [9.17, 15) is 19.8 Å². The van der Waals surface area contributed by atoms with Crippen molar-refractivity contribution in [3.05, 3.63) is 0 Å². The van der Waals surface area contributed by atoms with Gasteiger partial charge in [-0.25, -0.2) is 0 Å². The van der Waals surface area contributed by atoms with Gasteiger partial charge < -0.3 is 10.2 Å². The third-order valence-electron chi connectivity index (χ3n) is 4.77. The first-order valence-electron chi connectivity index (χ1n) is 7.07. The fraction of sp³-hybridized carbons (Fsp3) is 0.857. The van der Waals surface area contributed by atoms with Crippen molar-refractivity contribution in [2.75, 3.05) is 0 Å². The summed E-state index contributed by atoms with van der Waals surface area (Å²) in [6.07, 6.45) is 7.72. The molecule has 2 saturated carbocycles. The van der Waals surface area contributed by atoms with Crippen LogP contribution in [0.15, 0.2) is 0 Å². The molecule has 4 nitrogen and oxygen atoms in total. The number of rotatable bonds is 5. The Labute approximate surface area is 107 Å². The topological polar surface area (TPSA) is 74.6 Å². The summed E-state index contributed by atoms with van der Waals surface area (Å²) < 4.78 is 0. The van der Waals surface area contributed by atoms with E-state index in [2.05, 4.69) is 0 Å². The summed E-state index contributed by atoms with van der Waals surface area (Å²) in [5.74, 6) is -3.00. The molecule has 0 aromatic heterocycles. The molecule has 18 heavy (non-hydrogen) atoms. The zero-order valence-electron chi connectivity index (χ0n) is 10.7. The number of aliphatic carboxylic acids is 2. The lowest BCUT2D eigenvalue weighted by Crippen LogP contribution is -2.38. The lowest BCUT2D eigenvalue weighted by molar-refractivity contribution is -0.158. The van der Waals surface area contributed by atoms with E-state index in [1.165, 1.54) is 0 Å². The van der Waals surface area contributed by atoms with E-state index in [-0.39, 0.29) is 11.8 Å². The van der Waals surface area contributed by atoms with Crippen molar-refractivity contribution in [3.8, 4) is 0 Å². The third-order valence-corrected chi connectivity index (χ3v) is 4.77. The van der Waals surface area contributed by atoms with Crippen LogP contribution in [0.25, 0.3) is 0 Å². The second kappa shape index (κ2) is 5.72. The first-order chi connectivity index (χ1) is 8.61. The van der Waals surface area contributed by atoms with E-state index < -0.39 is 23.8 Å². The van der Waals surface area contributed by atoms with E-state index in [1.54, 1.807) is 0 Å². The van der Waals surface area contributed by atoms with Crippen LogP contribution in [0, 0.1) is 23.7 Å². The zero-order chi connectivity index (χ0) is 13.1. The Morgan fingerprint density at radius 2 is 1.00 bits per heavy atom. The SMILES string of the molecule is O=C(O)C(C1CCCC1)C(C(=O)O)C1CCCC1. The fourth-order valence-electron chi connectivity index (χ4n) is 3.93. The predicted octanol–water partition coefficient (Wildman–Crippen LogP) is 2.77. The van der Waals surface area contributed by atoms with Crippen molar-refractivity contribution in [2.45, 2.75) is 51.4 Å². The molecule has 2 atom stereocenters. The second-order valence-corrected chi connectivity index (χ2v) is 5.82. The largest absolute Gasteiger partial charge is 0.481 e. The van der Waals surface area contributed by atoms with E-state index in [0.717, 1.165) is 51.4 Å². The molecular weight excluding hydrogens is 232 g/mol. The molecule has 2 unspecified atom stereocenters. The number of hydrogen-bond donors (Lipinski definition) is 2. The van der Waals surface area contributed by atoms with Crippen molar-refractivity contribution in [3.63, 3.8) is 0 Å². The minimum atomic E-state index is -0.902. The van der Waals surface area contributed by atoms with E-state index in [4.69, 9.17) is 0 Å². The Morgan fingerprint density at radius 3 is 1.22 bits per heavy atom. The normalized spacial score (nSPS) is 25.1. The van der Waals surface area contributed by atoms with Crippen LogP contribution in [-0.2, 0) is 9.59 Å². The molecule has 0 spiro atoms. The summed E-state index contributed by atoms with van der Waals surface area (Å²) in [7, 11) is 0. The smallest absolute Gasteiger partial charge is 0.307 e. The number of carbonyl (C=O) groups is 2. The second-order valence-electron chi connectivity index (χ2n) is 5.82. The van der Waals surface area contributed by atoms with Crippen LogP contribution in [-0.4, -0.2) is 22.2 Å². The molecule has 2 aliphatic rings. The van der Waals surface area contributed by atoms with Crippen LogP contribution in [0.2, 0.25) is 0 Å². The first kappa shape index (κ1) is 13.4. The molecular formula is C14H22O4. The number of carboxylic acids is 2. The Kier molecular flexibility index (Phi) is 4.25. The molecule has 2 aliphatic carbocycles. The highest BCUT2D eigenvalue weighted by Crippen LogP contribution is 2.42. The van der Waals surface area contributed by atoms with E-state index >= 15 is 0 Å². The lowest BCUT2D eigenvalue weighted by Gasteiger charge is -2.29. The van der Waals surface area contributed by atoms with Gasteiger partial charge in [-0.3, -0.25) is 9.59 Å². The maximum absolute atomic E-state index is 11.5. The molecule has 0 saturated heterocycles. The quantitative estimate of drug-likeness (QED) is 0.791. The molecule has 0 bridgehead atoms. The first-order valence-corrected chi connectivity index (χ1v) is 7.07. The van der Waals surface area contributed by atoms with Gasteiger partial charge >= 0.3 is 11.9 Å². The Balaban J connectivity index is 2.18. The Hall–Kier alpha value is -1.06. The summed E-state index contributed by atoms with van der Waals surface area (Å²) in [5.41, 5.74) is 0. The predicted molar refractivity (Wildman–Crippen MR) is 66.2 cm³/mol. The van der Waals surface area contributed by atoms with Crippen LogP contribution < -0.4 is 0 Å². The maximum atomic E-state index is 11.5. The summed E-state index contributed by atoms with van der Waals surface area (Å²) in [6, 6.07) is 0. The van der Waals surface area contributed by atoms with Crippen LogP contribution in [0.4, 0.5) is 0 Å². The van der Waals surface area contributed by atoms with Gasteiger partial charge in [0.2, 0.25) is 0 Å². The molecule has 2 N–H and O–H groups in total. The minimum absolute atomic E-state index is 0.0733. The van der Waals surface area contributed by atoms with Crippen LogP contribution in [0.1, 0.15) is 51.4 Å². The van der Waals surface area contributed by atoms with Gasteiger partial charge in [0.15, 0.2) is 0 Å². The number of hydrogen-bond acceptors (Lipinski definition) is 2. The molecule has 4 heteroatoms. The fourth-order valence-corrected chi connectivity index (χ4v) is 3.93. The number of carboxylic acid groups (broad SMARTS) is 2. The molecule has 0 heterocycles. The molecule has 0 aromatic rings. The highest BCUT2D eigenvalue weighted by atomic mass is 16.4. The zero-order valence-corrected chi connectivity index (χ0v) is 10.7. The molecule has 0 aromatic carbocycles. The molecule has 0 radical (unpaired) electrons. The average molecular weight is 254 g/mol. The van der Waals surface area contributed by atoms with Gasteiger partial charge in [-0.1, -0.05) is 25.7 Å². The molecule has 2 rings (SSSR count). The average Bonchev–Trinajstić information content (AvgIpc) is 2.97. The maximum Gasteiger partial charge on any atom is 0.307 e. The Morgan fingerprint density at radius 1 is 0.722 bits per heavy atom. The third kappa shape index (κ3) is 2.68. The Bertz CT molecular complexity index is 282. The van der Waals surface area contributed by atoms with Gasteiger partial charge in [-0.15, -0.1) is 0 Å². The van der Waals surface area contributed by atoms with E-state index in [1.807, 2.05) is 0 Å². The van der Waals surface area contributed by atoms with Crippen LogP contribution >= 0.6 is 0 Å². The summed E-state index contributed by atoms with van der Waals surface area (Å²) in [5, 5.41) is 18.9. The van der Waals surface area contributed by atoms with Gasteiger partial charge in [0.05, 0.1) is 11.8 Å². The van der Waals surface area contributed by atoms with Crippen LogP contribution in [0.3, 0.4) is 0 Å². The highest BCUT2D eigenvalue weighted by molar-refractivity contribution is 5.80. The molecule has 102 valence electrons. The summed E-state index contributed by atoms with van der Waals surface area (Å²) >= 11 is 0. The van der Waals surface area contributed by atoms with Crippen molar-refractivity contribution in [2.24, 2.45) is 23.7 Å². The van der Waals surface area contributed by atoms with Crippen molar-refractivity contribution in [1.29, 1.82) is 0 Å². The van der Waals surface area contributed by atoms with Gasteiger partial charge in [-0.05, 0) is 37.5 Å². The lowest BCUT2D eigenvalue weighted by atomic mass is 9.73. The monoisotopic (exact) mass is 254 g/mol. The molecule has 0 aliphatic heterocycles. The summed E-state index contributed by atoms with van der Waals surface area (Å²) in [4.78, 5) is 23.1. The minimum Gasteiger partial charge on any atom is -0.481 e. The van der Waals surface area contributed by atoms with Gasteiger partial charge in [0.25, 0.3) is 0 Å². The molecule has 2 fully saturated rings. The highest BCUT2D eigenvalue weighted by Gasteiger charge is 2.44. The van der Waals surface area contributed by atoms with Crippen LogP contribution in [0.5, 0.6) is 0 Å². The van der Waals surface area contributed by atoms with Crippen molar-refractivity contribution < 1.29 is 19.8 Å². The van der Waals surface area contributed by atoms with Gasteiger partial charge in [0, 0.05) is 0 Å². The standard InChI is InChI=1S/C14H22O4/c15-13(16)11(9-5-1-2-6-9)12(14(17)18)10-7-3-4-8-10/h9-12H,1-8H2,(H,15,16)(H,17,18). The van der Waals surface area contributed by atoms with Gasteiger partial charge in [-0.2, -0.15) is 0 Å². The molecule has 0 amide bonds. The summed E-state index contributed by atoms with van der Waals surface area (Å²) in [6.45, 7) is 0. The van der Waals surface area contributed by atoms with Crippen molar-refractivity contribution in [1.82, 2.24) is 0 Å². The van der Waals surface area contributed by atoms with Crippen molar-refractivity contribution >= 4 is 11.9 Å². The van der Waals surface area contributed by atoms with E-state index in [0.29, 0.717) is 0 Å².